The molecule has 1 unspecified atom stereocenters. The topological polar surface area (TPSA) is 40.1 Å². The monoisotopic (exact) mass is 255 g/mol. The Labute approximate surface area is 85.5 Å². The predicted molar refractivity (Wildman–Crippen MR) is 55.3 cm³/mol. The fraction of sp³-hybridized carbons (Fsp3) is 1.00. The van der Waals surface area contributed by atoms with Gasteiger partial charge in [0.25, 0.3) is 0 Å². The van der Waals surface area contributed by atoms with E-state index in [0.29, 0.717) is 5.75 Å². The molecule has 1 atom stereocenters. The summed E-state index contributed by atoms with van der Waals surface area (Å²) in [5.74, 6) is 0.332. The standard InChI is InChI=1S/C8H17BrO2S/c9-7-5-3-1-2-4-6-8-12(10)11/h1-8H2,(H,10,11)/p-1. The van der Waals surface area contributed by atoms with E-state index in [-0.39, 0.29) is 0 Å². The van der Waals surface area contributed by atoms with E-state index in [1.54, 1.807) is 0 Å². The van der Waals surface area contributed by atoms with Crippen LogP contribution in [0.25, 0.3) is 0 Å². The minimum Gasteiger partial charge on any atom is -0.772 e. The van der Waals surface area contributed by atoms with Crippen LogP contribution in [0.2, 0.25) is 0 Å². The van der Waals surface area contributed by atoms with Crippen molar-refractivity contribution in [2.24, 2.45) is 0 Å². The summed E-state index contributed by atoms with van der Waals surface area (Å²) in [4.78, 5) is 0. The van der Waals surface area contributed by atoms with Crippen LogP contribution in [0.1, 0.15) is 38.5 Å². The Kier molecular flexibility index (Phi) is 10.2. The lowest BCUT2D eigenvalue weighted by Gasteiger charge is -2.03. The van der Waals surface area contributed by atoms with Gasteiger partial charge in [-0.25, -0.2) is 0 Å². The van der Waals surface area contributed by atoms with E-state index in [1.165, 1.54) is 25.7 Å². The summed E-state index contributed by atoms with van der Waals surface area (Å²) in [6.45, 7) is 0. The Morgan fingerprint density at radius 3 is 2.00 bits per heavy atom. The zero-order valence-electron chi connectivity index (χ0n) is 7.26. The Hall–Kier alpha value is 0.590. The number of alkyl halides is 1. The van der Waals surface area contributed by atoms with Crippen LogP contribution in [0.5, 0.6) is 0 Å². The number of hydrogen-bond acceptors (Lipinski definition) is 2. The summed E-state index contributed by atoms with van der Waals surface area (Å²) in [5, 5.41) is 1.08. The normalized spacial score (nSPS) is 13.2. The number of rotatable bonds is 8. The molecule has 0 amide bonds. The van der Waals surface area contributed by atoms with E-state index in [4.69, 9.17) is 0 Å². The molecule has 0 saturated carbocycles. The third-order valence-electron chi connectivity index (χ3n) is 1.69. The van der Waals surface area contributed by atoms with Gasteiger partial charge >= 0.3 is 0 Å². The minimum absolute atomic E-state index is 0.332. The summed E-state index contributed by atoms with van der Waals surface area (Å²) in [5.41, 5.74) is 0. The van der Waals surface area contributed by atoms with E-state index in [9.17, 15) is 8.76 Å². The molecule has 0 aromatic heterocycles. The van der Waals surface area contributed by atoms with E-state index in [1.807, 2.05) is 0 Å². The second-order valence-electron chi connectivity index (χ2n) is 2.82. The lowest BCUT2D eigenvalue weighted by atomic mass is 10.1. The van der Waals surface area contributed by atoms with Crippen molar-refractivity contribution in [3.8, 4) is 0 Å². The van der Waals surface area contributed by atoms with Gasteiger partial charge in [-0.3, -0.25) is 4.21 Å². The predicted octanol–water partition coefficient (Wildman–Crippen LogP) is 2.60. The van der Waals surface area contributed by atoms with Crippen LogP contribution in [0, 0.1) is 0 Å². The average Bonchev–Trinajstić information content (AvgIpc) is 2.02. The highest BCUT2D eigenvalue weighted by Crippen LogP contribution is 2.06. The maximum absolute atomic E-state index is 10.1. The maximum atomic E-state index is 10.1. The van der Waals surface area contributed by atoms with Gasteiger partial charge in [0.1, 0.15) is 0 Å². The summed E-state index contributed by atoms with van der Waals surface area (Å²) >= 11 is 1.54. The summed E-state index contributed by atoms with van der Waals surface area (Å²) in [7, 11) is 0. The summed E-state index contributed by atoms with van der Waals surface area (Å²) in [6.07, 6.45) is 6.77. The molecule has 0 rings (SSSR count). The third kappa shape index (κ3) is 10.6. The molecule has 0 aromatic rings. The molecule has 0 aliphatic rings. The molecule has 0 fully saturated rings. The van der Waals surface area contributed by atoms with Crippen LogP contribution in [0.3, 0.4) is 0 Å². The molecule has 0 bridgehead atoms. The molecule has 0 aliphatic carbocycles. The van der Waals surface area contributed by atoms with Gasteiger partial charge in [0.2, 0.25) is 0 Å². The molecule has 0 radical (unpaired) electrons. The van der Waals surface area contributed by atoms with Gasteiger partial charge in [0.15, 0.2) is 0 Å². The van der Waals surface area contributed by atoms with Gasteiger partial charge < -0.3 is 4.55 Å². The average molecular weight is 256 g/mol. The molecule has 4 heteroatoms. The van der Waals surface area contributed by atoms with Crippen molar-refractivity contribution in [2.45, 2.75) is 38.5 Å². The summed E-state index contributed by atoms with van der Waals surface area (Å²) in [6, 6.07) is 0. The van der Waals surface area contributed by atoms with Crippen molar-refractivity contribution in [3.05, 3.63) is 0 Å². The van der Waals surface area contributed by atoms with E-state index < -0.39 is 11.1 Å². The quantitative estimate of drug-likeness (QED) is 0.380. The number of hydrogen-bond donors (Lipinski definition) is 0. The first kappa shape index (κ1) is 12.6. The lowest BCUT2D eigenvalue weighted by Crippen LogP contribution is -1.94. The van der Waals surface area contributed by atoms with Gasteiger partial charge in [0, 0.05) is 11.1 Å². The van der Waals surface area contributed by atoms with E-state index in [2.05, 4.69) is 15.9 Å². The first-order valence-electron chi connectivity index (χ1n) is 4.39. The molecular weight excluding hydrogens is 240 g/mol. The smallest absolute Gasteiger partial charge is 0.0102 e. The van der Waals surface area contributed by atoms with Crippen LogP contribution < -0.4 is 0 Å². The maximum Gasteiger partial charge on any atom is 0.0102 e. The van der Waals surface area contributed by atoms with Crippen LogP contribution in [0.15, 0.2) is 0 Å². The molecule has 74 valence electrons. The molecule has 2 nitrogen and oxygen atoms in total. The number of halogens is 1. The van der Waals surface area contributed by atoms with Crippen molar-refractivity contribution >= 4 is 27.0 Å². The Morgan fingerprint density at radius 1 is 1.00 bits per heavy atom. The largest absolute Gasteiger partial charge is 0.772 e. The summed E-state index contributed by atoms with van der Waals surface area (Å²) < 4.78 is 20.3. The van der Waals surface area contributed by atoms with Crippen molar-refractivity contribution in [1.29, 1.82) is 0 Å². The second-order valence-corrected chi connectivity index (χ2v) is 4.63. The first-order valence-corrected chi connectivity index (χ1v) is 6.75. The fourth-order valence-corrected chi connectivity index (χ4v) is 1.86. The van der Waals surface area contributed by atoms with Gasteiger partial charge in [0.05, 0.1) is 0 Å². The van der Waals surface area contributed by atoms with Crippen LogP contribution in [-0.2, 0) is 11.1 Å². The minimum atomic E-state index is -1.83. The second kappa shape index (κ2) is 9.68. The van der Waals surface area contributed by atoms with Crippen LogP contribution >= 0.6 is 15.9 Å². The van der Waals surface area contributed by atoms with Crippen molar-refractivity contribution in [1.82, 2.24) is 0 Å². The van der Waals surface area contributed by atoms with Gasteiger partial charge in [-0.1, -0.05) is 52.7 Å². The highest BCUT2D eigenvalue weighted by molar-refractivity contribution is 9.09. The molecule has 0 aliphatic heterocycles. The van der Waals surface area contributed by atoms with Crippen molar-refractivity contribution in [3.63, 3.8) is 0 Å². The van der Waals surface area contributed by atoms with Crippen LogP contribution in [-0.4, -0.2) is 19.8 Å². The third-order valence-corrected chi connectivity index (χ3v) is 2.88. The highest BCUT2D eigenvalue weighted by Gasteiger charge is 1.90. The lowest BCUT2D eigenvalue weighted by molar-refractivity contribution is 0.531. The van der Waals surface area contributed by atoms with Gasteiger partial charge in [-0.15, -0.1) is 0 Å². The Morgan fingerprint density at radius 2 is 1.50 bits per heavy atom. The SMILES string of the molecule is O=S([O-])CCCCCCCCBr. The van der Waals surface area contributed by atoms with Crippen molar-refractivity contribution < 1.29 is 8.76 Å². The van der Waals surface area contributed by atoms with E-state index in [0.717, 1.165) is 18.2 Å². The van der Waals surface area contributed by atoms with Crippen molar-refractivity contribution in [2.75, 3.05) is 11.1 Å². The Bertz CT molecular complexity index is 120. The molecule has 0 saturated heterocycles. The van der Waals surface area contributed by atoms with E-state index >= 15 is 0 Å². The van der Waals surface area contributed by atoms with Crippen LogP contribution in [0.4, 0.5) is 0 Å². The fourth-order valence-electron chi connectivity index (χ4n) is 1.02. The molecule has 0 heterocycles. The zero-order chi connectivity index (χ0) is 9.23. The molecule has 12 heavy (non-hydrogen) atoms. The highest BCUT2D eigenvalue weighted by atomic mass is 79.9. The van der Waals surface area contributed by atoms with Gasteiger partial charge in [-0.2, -0.15) is 0 Å². The Balaban J connectivity index is 2.86. The number of unbranched alkanes of at least 4 members (excludes halogenated alkanes) is 5. The molecule has 0 aromatic carbocycles. The van der Waals surface area contributed by atoms with Gasteiger partial charge in [-0.05, 0) is 12.8 Å². The molecular formula is C8H16BrO2S-. The molecule has 0 spiro atoms. The zero-order valence-corrected chi connectivity index (χ0v) is 9.66. The molecule has 0 N–H and O–H groups in total. The first-order chi connectivity index (χ1) is 5.77.